The Bertz CT molecular complexity index is 527. The van der Waals surface area contributed by atoms with Crippen LogP contribution in [0.4, 0.5) is 13.2 Å². The van der Waals surface area contributed by atoms with Crippen molar-refractivity contribution in [3.05, 3.63) is 35.4 Å². The topological polar surface area (TPSA) is 55.1 Å². The Morgan fingerprint density at radius 3 is 2.33 bits per heavy atom. The smallest absolute Gasteiger partial charge is 0.355 e. The Labute approximate surface area is 141 Å². The number of alkyl halides is 3. The molecule has 0 radical (unpaired) electrons. The van der Waals surface area contributed by atoms with Crippen molar-refractivity contribution in [2.45, 2.75) is 57.5 Å². The first-order valence-electron chi connectivity index (χ1n) is 8.31. The quantitative estimate of drug-likeness (QED) is 0.665. The van der Waals surface area contributed by atoms with Gasteiger partial charge in [0.15, 0.2) is 0 Å². The second-order valence-corrected chi connectivity index (χ2v) is 6.69. The lowest BCUT2D eigenvalue weighted by Crippen LogP contribution is -2.36. The molecule has 0 unspecified atom stereocenters. The molecule has 0 saturated carbocycles. The third-order valence-electron chi connectivity index (χ3n) is 4.06. The van der Waals surface area contributed by atoms with Gasteiger partial charge in [-0.25, -0.2) is 0 Å². The standard InChI is InChI=1S/C18H27F3N2O/c1-17(2,13-23-16(24)10-5-3-4-6-11-22)14-8-7-9-15(12-14)18(19,20)21/h7-9,12H,3-6,10-11,13,22H2,1-2H3,(H,23,24). The number of rotatable bonds is 9. The van der Waals surface area contributed by atoms with Gasteiger partial charge in [0.2, 0.25) is 5.91 Å². The average molecular weight is 344 g/mol. The first-order chi connectivity index (χ1) is 11.2. The average Bonchev–Trinajstić information content (AvgIpc) is 2.52. The normalized spacial score (nSPS) is 12.2. The van der Waals surface area contributed by atoms with Crippen molar-refractivity contribution < 1.29 is 18.0 Å². The van der Waals surface area contributed by atoms with E-state index >= 15 is 0 Å². The fourth-order valence-corrected chi connectivity index (χ4v) is 2.41. The van der Waals surface area contributed by atoms with Gasteiger partial charge in [-0.05, 0) is 31.0 Å². The van der Waals surface area contributed by atoms with Crippen molar-refractivity contribution in [1.29, 1.82) is 0 Å². The summed E-state index contributed by atoms with van der Waals surface area (Å²) in [5.41, 5.74) is 4.72. The minimum absolute atomic E-state index is 0.0669. The van der Waals surface area contributed by atoms with Crippen LogP contribution in [-0.4, -0.2) is 19.0 Å². The number of benzene rings is 1. The van der Waals surface area contributed by atoms with Gasteiger partial charge in [-0.3, -0.25) is 4.79 Å². The van der Waals surface area contributed by atoms with Crippen molar-refractivity contribution in [3.8, 4) is 0 Å². The van der Waals surface area contributed by atoms with E-state index in [1.165, 1.54) is 6.07 Å². The lowest BCUT2D eigenvalue weighted by molar-refractivity contribution is -0.137. The number of carbonyl (C=O) groups is 1. The molecule has 24 heavy (non-hydrogen) atoms. The third-order valence-corrected chi connectivity index (χ3v) is 4.06. The third kappa shape index (κ3) is 6.91. The molecule has 0 aromatic heterocycles. The summed E-state index contributed by atoms with van der Waals surface area (Å²) < 4.78 is 38.5. The van der Waals surface area contributed by atoms with E-state index in [0.29, 0.717) is 25.1 Å². The van der Waals surface area contributed by atoms with Gasteiger partial charge in [0.05, 0.1) is 5.56 Å². The molecular formula is C18H27F3N2O. The highest BCUT2D eigenvalue weighted by atomic mass is 19.4. The highest BCUT2D eigenvalue weighted by Crippen LogP contribution is 2.32. The minimum atomic E-state index is -4.36. The van der Waals surface area contributed by atoms with E-state index in [2.05, 4.69) is 5.32 Å². The van der Waals surface area contributed by atoms with Crippen LogP contribution in [0.2, 0.25) is 0 Å². The Morgan fingerprint density at radius 2 is 1.71 bits per heavy atom. The lowest BCUT2D eigenvalue weighted by Gasteiger charge is -2.26. The molecule has 0 spiro atoms. The van der Waals surface area contributed by atoms with E-state index in [1.807, 2.05) is 13.8 Å². The molecule has 0 aliphatic rings. The number of amides is 1. The van der Waals surface area contributed by atoms with Gasteiger partial charge in [-0.15, -0.1) is 0 Å². The molecule has 0 aliphatic heterocycles. The van der Waals surface area contributed by atoms with Gasteiger partial charge in [0, 0.05) is 18.4 Å². The maximum absolute atomic E-state index is 12.8. The van der Waals surface area contributed by atoms with Crippen LogP contribution in [0.1, 0.15) is 57.1 Å². The van der Waals surface area contributed by atoms with Crippen LogP contribution in [-0.2, 0) is 16.4 Å². The molecule has 6 heteroatoms. The van der Waals surface area contributed by atoms with E-state index < -0.39 is 17.2 Å². The largest absolute Gasteiger partial charge is 0.416 e. The molecule has 0 heterocycles. The molecule has 0 atom stereocenters. The molecule has 0 aliphatic carbocycles. The van der Waals surface area contributed by atoms with Crippen LogP contribution in [0.3, 0.4) is 0 Å². The number of unbranched alkanes of at least 4 members (excludes halogenated alkanes) is 3. The van der Waals surface area contributed by atoms with Crippen molar-refractivity contribution >= 4 is 5.91 Å². The van der Waals surface area contributed by atoms with Gasteiger partial charge in [-0.1, -0.05) is 44.9 Å². The van der Waals surface area contributed by atoms with E-state index in [9.17, 15) is 18.0 Å². The predicted molar refractivity (Wildman–Crippen MR) is 89.6 cm³/mol. The predicted octanol–water partition coefficient (Wildman–Crippen LogP) is 4.01. The van der Waals surface area contributed by atoms with Crippen molar-refractivity contribution in [1.82, 2.24) is 5.32 Å². The SMILES string of the molecule is CC(C)(CNC(=O)CCCCCCN)c1cccc(C(F)(F)F)c1. The molecule has 3 nitrogen and oxygen atoms in total. The summed E-state index contributed by atoms with van der Waals surface area (Å²) in [5, 5.41) is 2.83. The summed E-state index contributed by atoms with van der Waals surface area (Å²) in [5.74, 6) is -0.0669. The summed E-state index contributed by atoms with van der Waals surface area (Å²) in [7, 11) is 0. The van der Waals surface area contributed by atoms with Gasteiger partial charge in [-0.2, -0.15) is 13.2 Å². The Kier molecular flexibility index (Phi) is 7.73. The molecule has 3 N–H and O–H groups in total. The molecule has 0 bridgehead atoms. The second kappa shape index (κ2) is 9.06. The van der Waals surface area contributed by atoms with Crippen LogP contribution in [0.5, 0.6) is 0 Å². The summed E-state index contributed by atoms with van der Waals surface area (Å²) in [6.45, 7) is 4.61. The number of hydrogen-bond donors (Lipinski definition) is 2. The van der Waals surface area contributed by atoms with Crippen LogP contribution in [0.15, 0.2) is 24.3 Å². The zero-order chi connectivity index (χ0) is 18.2. The van der Waals surface area contributed by atoms with E-state index in [-0.39, 0.29) is 5.91 Å². The summed E-state index contributed by atoms with van der Waals surface area (Å²) in [6, 6.07) is 5.27. The molecule has 0 saturated heterocycles. The van der Waals surface area contributed by atoms with Crippen LogP contribution >= 0.6 is 0 Å². The first-order valence-corrected chi connectivity index (χ1v) is 8.31. The fraction of sp³-hybridized carbons (Fsp3) is 0.611. The first kappa shape index (κ1) is 20.5. The molecule has 1 aromatic carbocycles. The maximum Gasteiger partial charge on any atom is 0.416 e. The van der Waals surface area contributed by atoms with Crippen molar-refractivity contribution in [2.75, 3.05) is 13.1 Å². The summed E-state index contributed by atoms with van der Waals surface area (Å²) in [6.07, 6.45) is -0.191. The van der Waals surface area contributed by atoms with E-state index in [1.54, 1.807) is 6.07 Å². The number of hydrogen-bond acceptors (Lipinski definition) is 2. The van der Waals surface area contributed by atoms with Crippen LogP contribution in [0.25, 0.3) is 0 Å². The number of carbonyl (C=O) groups excluding carboxylic acids is 1. The van der Waals surface area contributed by atoms with Gasteiger partial charge >= 0.3 is 6.18 Å². The number of halogens is 3. The van der Waals surface area contributed by atoms with Crippen molar-refractivity contribution in [2.24, 2.45) is 5.73 Å². The van der Waals surface area contributed by atoms with Gasteiger partial charge in [0.25, 0.3) is 0 Å². The number of nitrogens with two attached hydrogens (primary N) is 1. The van der Waals surface area contributed by atoms with Gasteiger partial charge in [0.1, 0.15) is 0 Å². The zero-order valence-electron chi connectivity index (χ0n) is 14.4. The van der Waals surface area contributed by atoms with Crippen LogP contribution in [0, 0.1) is 0 Å². The number of nitrogens with one attached hydrogen (secondary N) is 1. The summed E-state index contributed by atoms with van der Waals surface area (Å²) >= 11 is 0. The maximum atomic E-state index is 12.8. The lowest BCUT2D eigenvalue weighted by atomic mass is 9.83. The zero-order valence-corrected chi connectivity index (χ0v) is 14.4. The fourth-order valence-electron chi connectivity index (χ4n) is 2.41. The van der Waals surface area contributed by atoms with Gasteiger partial charge < -0.3 is 11.1 Å². The Morgan fingerprint density at radius 1 is 1.08 bits per heavy atom. The van der Waals surface area contributed by atoms with E-state index in [4.69, 9.17) is 5.73 Å². The Balaban J connectivity index is 2.53. The minimum Gasteiger partial charge on any atom is -0.355 e. The Hall–Kier alpha value is -1.56. The monoisotopic (exact) mass is 344 g/mol. The molecule has 1 aromatic rings. The highest BCUT2D eigenvalue weighted by molar-refractivity contribution is 5.75. The molecule has 0 fully saturated rings. The van der Waals surface area contributed by atoms with Crippen LogP contribution < -0.4 is 11.1 Å². The molecule has 1 amide bonds. The highest BCUT2D eigenvalue weighted by Gasteiger charge is 2.32. The molecule has 136 valence electrons. The summed E-state index contributed by atoms with van der Waals surface area (Å²) in [4.78, 5) is 11.9. The van der Waals surface area contributed by atoms with E-state index in [0.717, 1.165) is 37.8 Å². The molecular weight excluding hydrogens is 317 g/mol. The van der Waals surface area contributed by atoms with Crippen molar-refractivity contribution in [3.63, 3.8) is 0 Å². The second-order valence-electron chi connectivity index (χ2n) is 6.69. The molecule has 1 rings (SSSR count).